The predicted molar refractivity (Wildman–Crippen MR) is 87.9 cm³/mol. The third-order valence-corrected chi connectivity index (χ3v) is 5.00. The second-order valence-electron chi connectivity index (χ2n) is 6.41. The molecule has 0 bridgehead atoms. The van der Waals surface area contributed by atoms with Crippen LogP contribution in [0.3, 0.4) is 0 Å². The number of anilines is 2. The lowest BCUT2D eigenvalue weighted by atomic mass is 10.0. The van der Waals surface area contributed by atoms with Crippen LogP contribution in [-0.2, 0) is 11.2 Å². The van der Waals surface area contributed by atoms with E-state index in [1.807, 2.05) is 6.07 Å². The Morgan fingerprint density at radius 2 is 2.14 bits per heavy atom. The third-order valence-electron chi connectivity index (χ3n) is 5.00. The van der Waals surface area contributed by atoms with E-state index in [9.17, 15) is 4.79 Å². The number of benzene rings is 1. The average molecular weight is 286 g/mol. The van der Waals surface area contributed by atoms with Crippen molar-refractivity contribution in [3.8, 4) is 0 Å². The van der Waals surface area contributed by atoms with Crippen LogP contribution in [0.1, 0.15) is 51.0 Å². The molecule has 1 aromatic carbocycles. The number of amides is 1. The van der Waals surface area contributed by atoms with E-state index in [1.165, 1.54) is 36.9 Å². The van der Waals surface area contributed by atoms with Gasteiger partial charge in [0.2, 0.25) is 5.91 Å². The molecule has 0 unspecified atom stereocenters. The zero-order valence-electron chi connectivity index (χ0n) is 13.0. The molecule has 0 radical (unpaired) electrons. The van der Waals surface area contributed by atoms with E-state index in [2.05, 4.69) is 29.3 Å². The fraction of sp³-hybridized carbons (Fsp3) is 0.611. The molecule has 0 spiro atoms. The quantitative estimate of drug-likeness (QED) is 0.888. The molecule has 1 aliphatic heterocycles. The first-order valence-corrected chi connectivity index (χ1v) is 8.44. The molecule has 21 heavy (non-hydrogen) atoms. The normalized spacial score (nSPS) is 18.0. The lowest BCUT2D eigenvalue weighted by Crippen LogP contribution is -2.19. The molecule has 3 rings (SSSR count). The Labute approximate surface area is 127 Å². The molecule has 3 nitrogen and oxygen atoms in total. The Morgan fingerprint density at radius 1 is 1.33 bits per heavy atom. The minimum absolute atomic E-state index is 0.169. The van der Waals surface area contributed by atoms with Crippen LogP contribution in [0.25, 0.3) is 0 Å². The highest BCUT2D eigenvalue weighted by molar-refractivity contribution is 5.91. The first-order chi connectivity index (χ1) is 10.3. The van der Waals surface area contributed by atoms with Gasteiger partial charge in [-0.25, -0.2) is 0 Å². The van der Waals surface area contributed by atoms with Crippen LogP contribution in [0.2, 0.25) is 0 Å². The predicted octanol–water partition coefficient (Wildman–Crippen LogP) is 3.98. The van der Waals surface area contributed by atoms with E-state index in [4.69, 9.17) is 0 Å². The van der Waals surface area contributed by atoms with Gasteiger partial charge in [-0.15, -0.1) is 0 Å². The van der Waals surface area contributed by atoms with Gasteiger partial charge in [-0.05, 0) is 43.4 Å². The van der Waals surface area contributed by atoms with Gasteiger partial charge in [-0.1, -0.05) is 31.7 Å². The second-order valence-corrected chi connectivity index (χ2v) is 6.41. The fourth-order valence-corrected chi connectivity index (χ4v) is 3.71. The lowest BCUT2D eigenvalue weighted by Gasteiger charge is -2.17. The first-order valence-electron chi connectivity index (χ1n) is 8.44. The van der Waals surface area contributed by atoms with Crippen molar-refractivity contribution in [1.82, 2.24) is 0 Å². The number of nitrogens with zero attached hydrogens (tertiary/aromatic N) is 1. The van der Waals surface area contributed by atoms with Crippen LogP contribution in [-0.4, -0.2) is 19.0 Å². The molecular formula is C18H26N2O. The molecule has 0 saturated heterocycles. The second kappa shape index (κ2) is 6.50. The lowest BCUT2D eigenvalue weighted by molar-refractivity contribution is -0.116. The average Bonchev–Trinajstić information content (AvgIpc) is 3.14. The number of likely N-dealkylation sites (N-methyl/N-ethyl adjacent to an activating group) is 1. The Bertz CT molecular complexity index is 506. The number of carbonyl (C=O) groups is 1. The van der Waals surface area contributed by atoms with Gasteiger partial charge in [0.15, 0.2) is 0 Å². The maximum absolute atomic E-state index is 12.1. The van der Waals surface area contributed by atoms with Crippen LogP contribution >= 0.6 is 0 Å². The molecule has 1 aromatic rings. The zero-order chi connectivity index (χ0) is 14.7. The Balaban J connectivity index is 1.56. The standard InChI is InChI=1S/C18H26N2O/c1-2-20-12-11-15-8-9-16(13-17(15)20)19-18(21)10-7-14-5-3-4-6-14/h8-9,13-14H,2-7,10-12H2,1H3,(H,19,21). The van der Waals surface area contributed by atoms with E-state index in [-0.39, 0.29) is 5.91 Å². The third kappa shape index (κ3) is 3.39. The first kappa shape index (κ1) is 14.4. The summed E-state index contributed by atoms with van der Waals surface area (Å²) in [5, 5.41) is 3.07. The number of carbonyl (C=O) groups excluding carboxylic acids is 1. The summed E-state index contributed by atoms with van der Waals surface area (Å²) in [6, 6.07) is 6.35. The molecule has 1 amide bonds. The van der Waals surface area contributed by atoms with E-state index in [0.717, 1.165) is 37.5 Å². The molecular weight excluding hydrogens is 260 g/mol. The van der Waals surface area contributed by atoms with E-state index in [1.54, 1.807) is 0 Å². The largest absolute Gasteiger partial charge is 0.371 e. The maximum Gasteiger partial charge on any atom is 0.224 e. The van der Waals surface area contributed by atoms with E-state index < -0.39 is 0 Å². The summed E-state index contributed by atoms with van der Waals surface area (Å²) in [5.74, 6) is 0.953. The van der Waals surface area contributed by atoms with E-state index in [0.29, 0.717) is 6.42 Å². The molecule has 1 fully saturated rings. The summed E-state index contributed by atoms with van der Waals surface area (Å²) >= 11 is 0. The topological polar surface area (TPSA) is 32.3 Å². The van der Waals surface area contributed by atoms with Crippen LogP contribution in [0.5, 0.6) is 0 Å². The van der Waals surface area contributed by atoms with Crippen LogP contribution in [0.4, 0.5) is 11.4 Å². The summed E-state index contributed by atoms with van der Waals surface area (Å²) in [6.07, 6.45) is 8.18. The number of nitrogens with one attached hydrogen (secondary N) is 1. The number of hydrogen-bond donors (Lipinski definition) is 1. The monoisotopic (exact) mass is 286 g/mol. The highest BCUT2D eigenvalue weighted by atomic mass is 16.1. The van der Waals surface area contributed by atoms with Crippen molar-refractivity contribution >= 4 is 17.3 Å². The summed E-state index contributed by atoms with van der Waals surface area (Å²) in [5.41, 5.74) is 3.65. The molecule has 0 atom stereocenters. The number of fused-ring (bicyclic) bond motifs is 1. The van der Waals surface area contributed by atoms with Gasteiger partial charge in [0.1, 0.15) is 0 Å². The van der Waals surface area contributed by atoms with Gasteiger partial charge in [0.25, 0.3) is 0 Å². The van der Waals surface area contributed by atoms with E-state index >= 15 is 0 Å². The van der Waals surface area contributed by atoms with Gasteiger partial charge >= 0.3 is 0 Å². The van der Waals surface area contributed by atoms with Crippen LogP contribution in [0.15, 0.2) is 18.2 Å². The van der Waals surface area contributed by atoms with Crippen LogP contribution < -0.4 is 10.2 Å². The smallest absolute Gasteiger partial charge is 0.224 e. The Hall–Kier alpha value is -1.51. The molecule has 1 aliphatic carbocycles. The number of rotatable bonds is 5. The molecule has 1 heterocycles. The van der Waals surface area contributed by atoms with Crippen molar-refractivity contribution in [3.63, 3.8) is 0 Å². The molecule has 114 valence electrons. The van der Waals surface area contributed by atoms with Crippen molar-refractivity contribution in [2.45, 2.75) is 51.9 Å². The van der Waals surface area contributed by atoms with Crippen molar-refractivity contribution in [3.05, 3.63) is 23.8 Å². The summed E-state index contributed by atoms with van der Waals surface area (Å²) < 4.78 is 0. The summed E-state index contributed by atoms with van der Waals surface area (Å²) in [6.45, 7) is 4.32. The molecule has 1 N–H and O–H groups in total. The molecule has 1 saturated carbocycles. The van der Waals surface area contributed by atoms with Crippen molar-refractivity contribution in [2.24, 2.45) is 5.92 Å². The molecule has 2 aliphatic rings. The van der Waals surface area contributed by atoms with Gasteiger partial charge in [-0.3, -0.25) is 4.79 Å². The summed E-state index contributed by atoms with van der Waals surface area (Å²) in [4.78, 5) is 14.5. The van der Waals surface area contributed by atoms with Crippen molar-refractivity contribution < 1.29 is 4.79 Å². The highest BCUT2D eigenvalue weighted by Gasteiger charge is 2.19. The number of hydrogen-bond acceptors (Lipinski definition) is 2. The summed E-state index contributed by atoms with van der Waals surface area (Å²) in [7, 11) is 0. The maximum atomic E-state index is 12.1. The zero-order valence-corrected chi connectivity index (χ0v) is 13.0. The van der Waals surface area contributed by atoms with Crippen LogP contribution in [0, 0.1) is 5.92 Å². The minimum atomic E-state index is 0.169. The van der Waals surface area contributed by atoms with Gasteiger partial charge in [0, 0.05) is 30.9 Å². The SMILES string of the molecule is CCN1CCc2ccc(NC(=O)CCC3CCCC3)cc21. The van der Waals surface area contributed by atoms with Gasteiger partial charge in [-0.2, -0.15) is 0 Å². The van der Waals surface area contributed by atoms with Crippen molar-refractivity contribution in [2.75, 3.05) is 23.3 Å². The van der Waals surface area contributed by atoms with Crippen molar-refractivity contribution in [1.29, 1.82) is 0 Å². The Morgan fingerprint density at radius 3 is 2.90 bits per heavy atom. The minimum Gasteiger partial charge on any atom is -0.371 e. The fourth-order valence-electron chi connectivity index (χ4n) is 3.71. The molecule has 3 heteroatoms. The van der Waals surface area contributed by atoms with Gasteiger partial charge < -0.3 is 10.2 Å². The van der Waals surface area contributed by atoms with Gasteiger partial charge in [0.05, 0.1) is 0 Å². The highest BCUT2D eigenvalue weighted by Crippen LogP contribution is 2.31. The molecule has 0 aromatic heterocycles. The Kier molecular flexibility index (Phi) is 4.47.